The van der Waals surface area contributed by atoms with Gasteiger partial charge in [-0.1, -0.05) is 12.8 Å². The summed E-state index contributed by atoms with van der Waals surface area (Å²) in [6.45, 7) is 4.55. The van der Waals surface area contributed by atoms with E-state index in [9.17, 15) is 29.0 Å². The van der Waals surface area contributed by atoms with Gasteiger partial charge < -0.3 is 24.8 Å². The number of cyclic esters (lactones) is 1. The Hall–Kier alpha value is -4.07. The number of nitrogens with zero attached hydrogens (tertiary/aromatic N) is 2. The van der Waals surface area contributed by atoms with E-state index in [1.165, 1.54) is 17.6 Å². The summed E-state index contributed by atoms with van der Waals surface area (Å²) in [5, 5.41) is 24.2. The third-order valence-corrected chi connectivity index (χ3v) is 7.05. The second-order valence-corrected chi connectivity index (χ2v) is 9.15. The highest BCUT2D eigenvalue weighted by Crippen LogP contribution is 2.40. The summed E-state index contributed by atoms with van der Waals surface area (Å²) in [5.74, 6) is 2.88. The maximum Gasteiger partial charge on any atom is 0.343 e. The van der Waals surface area contributed by atoms with E-state index >= 15 is 0 Å². The van der Waals surface area contributed by atoms with Crippen molar-refractivity contribution in [2.24, 2.45) is 0 Å². The van der Waals surface area contributed by atoms with Crippen LogP contribution in [0, 0.1) is 24.6 Å². The van der Waals surface area contributed by atoms with Crippen LogP contribution in [0.25, 0.3) is 22.3 Å². The molecule has 0 spiro atoms. The van der Waals surface area contributed by atoms with Crippen molar-refractivity contribution in [3.05, 3.63) is 62.2 Å². The number of esters is 1. The number of ether oxygens (including phenoxy) is 1. The monoisotopic (exact) mass is 505 g/mol. The molecule has 1 amide bonds. The van der Waals surface area contributed by atoms with Gasteiger partial charge in [0.1, 0.15) is 12.4 Å². The molecule has 2 atom stereocenters. The molecular formula is C27H24FN3O6. The standard InChI is InChI=1S/C27H24FN3O6/c1-4-6-22(32)24(33)29-10-15-14-7-13(3)19(28)9-20(14)30-23-16(15)11-31-21(23)8-18-17(25(31)34)12-37-26(35)27(18,36)5-2/h7-9,22,32,36H,5,10-12H2,1-3H3,(H,29,33)/t22?,27-/m0/s1. The highest BCUT2D eigenvalue weighted by Gasteiger charge is 2.45. The molecule has 3 aromatic rings. The first-order chi connectivity index (χ1) is 17.6. The van der Waals surface area contributed by atoms with Gasteiger partial charge in [0.15, 0.2) is 11.7 Å². The zero-order valence-electron chi connectivity index (χ0n) is 20.4. The number of carbonyl (C=O) groups excluding carboxylic acids is 2. The van der Waals surface area contributed by atoms with Gasteiger partial charge in [0, 0.05) is 29.1 Å². The molecule has 1 aromatic carbocycles. The van der Waals surface area contributed by atoms with Crippen LogP contribution in [0.2, 0.25) is 0 Å². The first-order valence-corrected chi connectivity index (χ1v) is 11.8. The molecule has 190 valence electrons. The second kappa shape index (κ2) is 8.80. The van der Waals surface area contributed by atoms with Crippen molar-refractivity contribution < 1.29 is 28.9 Å². The topological polar surface area (TPSA) is 131 Å². The number of fused-ring (bicyclic) bond motifs is 5. The highest BCUT2D eigenvalue weighted by atomic mass is 19.1. The van der Waals surface area contributed by atoms with Crippen LogP contribution in [0.1, 0.15) is 48.1 Å². The smallest absolute Gasteiger partial charge is 0.343 e. The zero-order valence-corrected chi connectivity index (χ0v) is 20.4. The molecule has 2 aromatic heterocycles. The molecular weight excluding hydrogens is 481 g/mol. The minimum absolute atomic E-state index is 0.00445. The van der Waals surface area contributed by atoms with Crippen molar-refractivity contribution in [1.82, 2.24) is 14.9 Å². The average Bonchev–Trinajstić information content (AvgIpc) is 3.24. The Morgan fingerprint density at radius 2 is 2.08 bits per heavy atom. The number of aromatic nitrogens is 2. The van der Waals surface area contributed by atoms with Crippen LogP contribution in [-0.4, -0.2) is 37.7 Å². The normalized spacial score (nSPS) is 18.3. The molecule has 10 heteroatoms. The van der Waals surface area contributed by atoms with Crippen molar-refractivity contribution in [1.29, 1.82) is 0 Å². The number of rotatable bonds is 4. The minimum Gasteiger partial charge on any atom is -0.458 e. The molecule has 0 saturated heterocycles. The summed E-state index contributed by atoms with van der Waals surface area (Å²) in [5.41, 5.74) is 0.617. The predicted molar refractivity (Wildman–Crippen MR) is 131 cm³/mol. The van der Waals surface area contributed by atoms with Gasteiger partial charge in [0.25, 0.3) is 11.5 Å². The molecule has 2 aliphatic heterocycles. The maximum absolute atomic E-state index is 14.5. The quantitative estimate of drug-likeness (QED) is 0.283. The summed E-state index contributed by atoms with van der Waals surface area (Å²) in [6.07, 6.45) is -1.51. The van der Waals surface area contributed by atoms with Gasteiger partial charge in [-0.25, -0.2) is 14.2 Å². The van der Waals surface area contributed by atoms with Gasteiger partial charge in [-0.15, -0.1) is 5.92 Å². The second-order valence-electron chi connectivity index (χ2n) is 9.15. The van der Waals surface area contributed by atoms with E-state index in [1.54, 1.807) is 26.0 Å². The largest absolute Gasteiger partial charge is 0.458 e. The van der Waals surface area contributed by atoms with E-state index in [-0.39, 0.29) is 37.2 Å². The number of benzene rings is 1. The lowest BCUT2D eigenvalue weighted by molar-refractivity contribution is -0.172. The number of nitrogens with one attached hydrogen (secondary N) is 1. The summed E-state index contributed by atoms with van der Waals surface area (Å²) < 4.78 is 21.1. The maximum atomic E-state index is 14.5. The Kier molecular flexibility index (Phi) is 5.85. The molecule has 9 nitrogen and oxygen atoms in total. The summed E-state index contributed by atoms with van der Waals surface area (Å²) in [4.78, 5) is 42.9. The van der Waals surface area contributed by atoms with Crippen LogP contribution in [-0.2, 0) is 39.6 Å². The van der Waals surface area contributed by atoms with Crippen molar-refractivity contribution in [2.45, 2.75) is 58.6 Å². The fourth-order valence-electron chi connectivity index (χ4n) is 4.97. The molecule has 5 rings (SSSR count). The Bertz CT molecular complexity index is 1630. The van der Waals surface area contributed by atoms with Crippen LogP contribution < -0.4 is 10.9 Å². The molecule has 0 radical (unpaired) electrons. The first kappa shape index (κ1) is 24.6. The van der Waals surface area contributed by atoms with Crippen LogP contribution >= 0.6 is 0 Å². The van der Waals surface area contributed by atoms with Gasteiger partial charge in [-0.3, -0.25) is 9.59 Å². The fourth-order valence-corrected chi connectivity index (χ4v) is 4.97. The van der Waals surface area contributed by atoms with Crippen molar-refractivity contribution >= 4 is 22.8 Å². The van der Waals surface area contributed by atoms with Crippen LogP contribution in [0.5, 0.6) is 0 Å². The van der Waals surface area contributed by atoms with Gasteiger partial charge >= 0.3 is 5.97 Å². The van der Waals surface area contributed by atoms with Crippen molar-refractivity contribution in [2.75, 3.05) is 0 Å². The number of hydrogen-bond acceptors (Lipinski definition) is 7. The zero-order chi connectivity index (χ0) is 26.6. The van der Waals surface area contributed by atoms with Crippen LogP contribution in [0.4, 0.5) is 4.39 Å². The van der Waals surface area contributed by atoms with E-state index in [0.717, 1.165) is 0 Å². The minimum atomic E-state index is -1.97. The number of aliphatic hydroxyl groups is 2. The summed E-state index contributed by atoms with van der Waals surface area (Å²) >= 11 is 0. The van der Waals surface area contributed by atoms with E-state index < -0.39 is 35.0 Å². The van der Waals surface area contributed by atoms with E-state index in [4.69, 9.17) is 4.74 Å². The fraction of sp³-hybridized carbons (Fsp3) is 0.333. The highest BCUT2D eigenvalue weighted by molar-refractivity contribution is 5.90. The van der Waals surface area contributed by atoms with Crippen molar-refractivity contribution in [3.8, 4) is 23.2 Å². The number of pyridine rings is 2. The molecule has 0 saturated carbocycles. The van der Waals surface area contributed by atoms with Crippen molar-refractivity contribution in [3.63, 3.8) is 0 Å². The number of aliphatic hydroxyl groups excluding tert-OH is 1. The number of hydrogen-bond donors (Lipinski definition) is 3. The molecule has 4 heterocycles. The van der Waals surface area contributed by atoms with Gasteiger partial charge in [-0.05, 0) is 43.5 Å². The summed E-state index contributed by atoms with van der Waals surface area (Å²) in [7, 11) is 0. The third kappa shape index (κ3) is 3.70. The van der Waals surface area contributed by atoms with E-state index in [2.05, 4.69) is 22.1 Å². The molecule has 3 N–H and O–H groups in total. The number of carbonyl (C=O) groups is 2. The van der Waals surface area contributed by atoms with E-state index in [0.29, 0.717) is 39.0 Å². The number of amides is 1. The average molecular weight is 506 g/mol. The molecule has 37 heavy (non-hydrogen) atoms. The predicted octanol–water partition coefficient (Wildman–Crippen LogP) is 1.53. The van der Waals surface area contributed by atoms with Crippen LogP contribution in [0.15, 0.2) is 23.0 Å². The Labute approximate surface area is 210 Å². The lowest BCUT2D eigenvalue weighted by Gasteiger charge is -2.31. The molecule has 1 unspecified atom stereocenters. The van der Waals surface area contributed by atoms with Gasteiger partial charge in [-0.2, -0.15) is 0 Å². The SMILES string of the molecule is CC#CC(O)C(=O)NCc1c2c(nc3cc(F)c(C)cc13)-c1cc3c(c(=O)n1C2)COC(=O)[C@]3(O)CC. The number of aryl methyl sites for hydroxylation is 1. The van der Waals surface area contributed by atoms with Gasteiger partial charge in [0.05, 0.1) is 29.0 Å². The molecule has 0 aliphatic carbocycles. The summed E-state index contributed by atoms with van der Waals surface area (Å²) in [6, 6.07) is 4.48. The molecule has 0 fully saturated rings. The first-order valence-electron chi connectivity index (χ1n) is 11.8. The molecule has 0 bridgehead atoms. The molecule has 2 aliphatic rings. The van der Waals surface area contributed by atoms with Gasteiger partial charge in [0.2, 0.25) is 0 Å². The Morgan fingerprint density at radius 1 is 1.32 bits per heavy atom. The lowest BCUT2D eigenvalue weighted by atomic mass is 9.86. The lowest BCUT2D eigenvalue weighted by Crippen LogP contribution is -2.44. The van der Waals surface area contributed by atoms with E-state index in [1.807, 2.05) is 0 Å². The van der Waals surface area contributed by atoms with Crippen LogP contribution in [0.3, 0.4) is 0 Å². The Morgan fingerprint density at radius 3 is 2.78 bits per heavy atom. The number of halogens is 1. The third-order valence-electron chi connectivity index (χ3n) is 7.05. The Balaban J connectivity index is 1.72.